The van der Waals surface area contributed by atoms with Crippen molar-refractivity contribution in [3.05, 3.63) is 59.5 Å². The predicted octanol–water partition coefficient (Wildman–Crippen LogP) is 2.35. The van der Waals surface area contributed by atoms with Crippen LogP contribution in [-0.4, -0.2) is 34.6 Å². The van der Waals surface area contributed by atoms with Crippen molar-refractivity contribution >= 4 is 11.9 Å². The minimum absolute atomic E-state index is 0.0349. The van der Waals surface area contributed by atoms with E-state index in [0.717, 1.165) is 10.5 Å². The van der Waals surface area contributed by atoms with Gasteiger partial charge in [-0.25, -0.2) is 4.79 Å². The monoisotopic (exact) mass is 342 g/mol. The van der Waals surface area contributed by atoms with E-state index in [-0.39, 0.29) is 6.54 Å². The van der Waals surface area contributed by atoms with Crippen molar-refractivity contribution in [2.75, 3.05) is 6.54 Å². The van der Waals surface area contributed by atoms with Gasteiger partial charge in [0, 0.05) is 0 Å². The molecular formula is C19H22N2O4. The third kappa shape index (κ3) is 3.44. The molecule has 0 bridgehead atoms. The minimum Gasteiger partial charge on any atom is -0.463 e. The van der Waals surface area contributed by atoms with Gasteiger partial charge in [0.1, 0.15) is 11.5 Å². The number of aryl methyl sites for hydroxylation is 2. The van der Waals surface area contributed by atoms with Crippen molar-refractivity contribution in [2.24, 2.45) is 0 Å². The van der Waals surface area contributed by atoms with E-state index in [1.165, 1.54) is 0 Å². The third-order valence-corrected chi connectivity index (χ3v) is 4.51. The number of carbonyl (C=O) groups excluding carboxylic acids is 2. The van der Waals surface area contributed by atoms with E-state index in [1.807, 2.05) is 30.3 Å². The number of hydrogen-bond acceptors (Lipinski definition) is 4. The maximum Gasteiger partial charge on any atom is 0.325 e. The summed E-state index contributed by atoms with van der Waals surface area (Å²) in [6.07, 6.45) is 0.369. The second-order valence-electron chi connectivity index (χ2n) is 6.56. The van der Waals surface area contributed by atoms with Crippen molar-refractivity contribution < 1.29 is 19.1 Å². The normalized spacial score (nSPS) is 21.5. The molecule has 3 rings (SSSR count). The first kappa shape index (κ1) is 17.2. The van der Waals surface area contributed by atoms with Gasteiger partial charge in [-0.1, -0.05) is 30.3 Å². The van der Waals surface area contributed by atoms with Crippen LogP contribution >= 0.6 is 0 Å². The van der Waals surface area contributed by atoms with Crippen LogP contribution in [0.2, 0.25) is 0 Å². The van der Waals surface area contributed by atoms with Gasteiger partial charge < -0.3 is 14.8 Å². The number of aliphatic hydroxyl groups is 1. The van der Waals surface area contributed by atoms with E-state index < -0.39 is 23.6 Å². The van der Waals surface area contributed by atoms with Gasteiger partial charge in [0.25, 0.3) is 5.91 Å². The number of furan rings is 1. The second-order valence-corrected chi connectivity index (χ2v) is 6.56. The van der Waals surface area contributed by atoms with E-state index in [1.54, 1.807) is 26.0 Å². The molecule has 6 nitrogen and oxygen atoms in total. The van der Waals surface area contributed by atoms with Crippen molar-refractivity contribution in [3.8, 4) is 0 Å². The van der Waals surface area contributed by atoms with Crippen LogP contribution in [-0.2, 0) is 16.8 Å². The van der Waals surface area contributed by atoms with Crippen LogP contribution in [0.4, 0.5) is 4.79 Å². The Hall–Kier alpha value is -2.60. The molecule has 2 N–H and O–H groups in total. The number of nitrogens with one attached hydrogen (secondary N) is 1. The molecule has 1 aliphatic heterocycles. The number of β-amino-alcohol motifs (C(OH)–C–C–N with tert-alkyl or cyclic N) is 1. The molecule has 1 aliphatic rings. The van der Waals surface area contributed by atoms with E-state index in [2.05, 4.69) is 5.32 Å². The van der Waals surface area contributed by atoms with Crippen LogP contribution in [0, 0.1) is 6.92 Å². The number of hydrogen-bond donors (Lipinski definition) is 2. The maximum absolute atomic E-state index is 12.7. The number of imide groups is 1. The molecule has 2 heterocycles. The van der Waals surface area contributed by atoms with Crippen molar-refractivity contribution in [1.29, 1.82) is 0 Å². The Kier molecular flexibility index (Phi) is 4.63. The van der Waals surface area contributed by atoms with E-state index in [9.17, 15) is 14.7 Å². The fourth-order valence-corrected chi connectivity index (χ4v) is 3.01. The lowest BCUT2D eigenvalue weighted by atomic mass is 9.99. The molecule has 1 fully saturated rings. The summed E-state index contributed by atoms with van der Waals surface area (Å²) in [4.78, 5) is 26.0. The molecule has 0 aliphatic carbocycles. The summed E-state index contributed by atoms with van der Waals surface area (Å²) in [5.74, 6) is 0.648. The zero-order valence-corrected chi connectivity index (χ0v) is 14.4. The van der Waals surface area contributed by atoms with Crippen LogP contribution in [0.25, 0.3) is 0 Å². The number of carbonyl (C=O) groups is 2. The molecule has 1 saturated heterocycles. The Morgan fingerprint density at radius 1 is 1.20 bits per heavy atom. The summed E-state index contributed by atoms with van der Waals surface area (Å²) in [5.41, 5.74) is -0.125. The smallest absolute Gasteiger partial charge is 0.325 e. The molecular weight excluding hydrogens is 320 g/mol. The molecule has 2 atom stereocenters. The third-order valence-electron chi connectivity index (χ3n) is 4.51. The fraction of sp³-hybridized carbons (Fsp3) is 0.368. The van der Waals surface area contributed by atoms with Gasteiger partial charge in [0.05, 0.1) is 12.6 Å². The first-order valence-electron chi connectivity index (χ1n) is 8.33. The Labute approximate surface area is 146 Å². The summed E-state index contributed by atoms with van der Waals surface area (Å²) in [6.45, 7) is 3.36. The zero-order chi connectivity index (χ0) is 18.0. The Morgan fingerprint density at radius 2 is 1.92 bits per heavy atom. The number of nitrogens with zero attached hydrogens (tertiary/aromatic N) is 1. The number of rotatable bonds is 6. The molecule has 0 radical (unpaired) electrons. The second kappa shape index (κ2) is 6.72. The summed E-state index contributed by atoms with van der Waals surface area (Å²) in [7, 11) is 0. The largest absolute Gasteiger partial charge is 0.463 e. The lowest BCUT2D eigenvalue weighted by Crippen LogP contribution is -2.41. The highest BCUT2D eigenvalue weighted by Crippen LogP contribution is 2.30. The molecule has 3 amide bonds. The minimum atomic E-state index is -1.23. The predicted molar refractivity (Wildman–Crippen MR) is 91.8 cm³/mol. The van der Waals surface area contributed by atoms with Gasteiger partial charge in [-0.3, -0.25) is 9.69 Å². The molecule has 25 heavy (non-hydrogen) atoms. The highest BCUT2D eigenvalue weighted by molar-refractivity contribution is 6.06. The summed E-state index contributed by atoms with van der Waals surface area (Å²) < 4.78 is 5.52. The quantitative estimate of drug-likeness (QED) is 0.790. The van der Waals surface area contributed by atoms with Crippen LogP contribution < -0.4 is 5.32 Å². The Morgan fingerprint density at radius 3 is 2.56 bits per heavy atom. The number of aliphatic hydroxyl groups excluding tert-OH is 1. The lowest BCUT2D eigenvalue weighted by molar-refractivity contribution is -0.132. The summed E-state index contributed by atoms with van der Waals surface area (Å²) in [5, 5.41) is 12.9. The maximum atomic E-state index is 12.7. The summed E-state index contributed by atoms with van der Waals surface area (Å²) >= 11 is 0. The van der Waals surface area contributed by atoms with Gasteiger partial charge in [-0.05, 0) is 44.4 Å². The van der Waals surface area contributed by atoms with Gasteiger partial charge in [0.2, 0.25) is 0 Å². The van der Waals surface area contributed by atoms with Gasteiger partial charge in [-0.2, -0.15) is 0 Å². The SMILES string of the molecule is Cc1ccc([C@]2(C)NC(=O)N(C[C@H](O)CCc3ccccc3)C2=O)o1. The molecule has 1 aromatic heterocycles. The average molecular weight is 342 g/mol. The van der Waals surface area contributed by atoms with Crippen LogP contribution in [0.3, 0.4) is 0 Å². The van der Waals surface area contributed by atoms with Gasteiger partial charge in [-0.15, -0.1) is 0 Å². The molecule has 1 aromatic carbocycles. The van der Waals surface area contributed by atoms with Crippen LogP contribution in [0.15, 0.2) is 46.9 Å². The Balaban J connectivity index is 1.64. The number of urea groups is 1. The van der Waals surface area contributed by atoms with Crippen molar-refractivity contribution in [3.63, 3.8) is 0 Å². The molecule has 132 valence electrons. The van der Waals surface area contributed by atoms with Crippen molar-refractivity contribution in [2.45, 2.75) is 38.3 Å². The molecule has 0 saturated carbocycles. The van der Waals surface area contributed by atoms with Crippen LogP contribution in [0.5, 0.6) is 0 Å². The summed E-state index contributed by atoms with van der Waals surface area (Å²) in [6, 6.07) is 12.7. The van der Waals surface area contributed by atoms with Crippen LogP contribution in [0.1, 0.15) is 30.4 Å². The molecule has 2 aromatic rings. The number of benzene rings is 1. The van der Waals surface area contributed by atoms with E-state index in [0.29, 0.717) is 24.4 Å². The zero-order valence-electron chi connectivity index (χ0n) is 14.4. The first-order valence-corrected chi connectivity index (χ1v) is 8.33. The fourth-order valence-electron chi connectivity index (χ4n) is 3.01. The van der Waals surface area contributed by atoms with Gasteiger partial charge in [0.15, 0.2) is 5.54 Å². The molecule has 0 unspecified atom stereocenters. The van der Waals surface area contributed by atoms with E-state index in [4.69, 9.17) is 4.42 Å². The van der Waals surface area contributed by atoms with Crippen molar-refractivity contribution in [1.82, 2.24) is 10.2 Å². The highest BCUT2D eigenvalue weighted by Gasteiger charge is 2.51. The van der Waals surface area contributed by atoms with E-state index >= 15 is 0 Å². The lowest BCUT2D eigenvalue weighted by Gasteiger charge is -2.20. The highest BCUT2D eigenvalue weighted by atomic mass is 16.3. The molecule has 0 spiro atoms. The standard InChI is InChI=1S/C19H22N2O4/c1-13-8-11-16(25-13)19(2)17(23)21(18(24)20-19)12-15(22)10-9-14-6-4-3-5-7-14/h3-8,11,15,22H,9-10,12H2,1-2H3,(H,20,24)/t15-,19+/m1/s1. The number of amides is 3. The topological polar surface area (TPSA) is 82.8 Å². The average Bonchev–Trinajstić information content (AvgIpc) is 3.12. The Bertz CT molecular complexity index is 771. The first-order chi connectivity index (χ1) is 11.9. The molecule has 6 heteroatoms. The van der Waals surface area contributed by atoms with Gasteiger partial charge >= 0.3 is 6.03 Å².